The third-order valence-corrected chi connectivity index (χ3v) is 2.27. The van der Waals surface area contributed by atoms with Gasteiger partial charge in [-0.15, -0.1) is 0 Å². The smallest absolute Gasteiger partial charge is 0.274 e. The van der Waals surface area contributed by atoms with Gasteiger partial charge in [0.2, 0.25) is 0 Å². The summed E-state index contributed by atoms with van der Waals surface area (Å²) in [7, 11) is 0. The Morgan fingerprint density at radius 2 is 2.05 bits per heavy atom. The van der Waals surface area contributed by atoms with Crippen LogP contribution >= 0.6 is 0 Å². The summed E-state index contributed by atoms with van der Waals surface area (Å²) in [6.45, 7) is 0.296. The summed E-state index contributed by atoms with van der Waals surface area (Å²) >= 11 is 0. The molecule has 0 aliphatic carbocycles. The molecular weight excluding hydrogens is 240 g/mol. The molecule has 0 fully saturated rings. The molecule has 0 saturated heterocycles. The van der Waals surface area contributed by atoms with Crippen LogP contribution in [0.1, 0.15) is 16.1 Å². The highest BCUT2D eigenvalue weighted by Crippen LogP contribution is 2.06. The Morgan fingerprint density at radius 1 is 1.26 bits per heavy atom. The number of anilines is 1. The predicted molar refractivity (Wildman–Crippen MR) is 72.4 cm³/mol. The first-order valence-electron chi connectivity index (χ1n) is 5.66. The molecule has 0 unspecified atom stereocenters. The van der Waals surface area contributed by atoms with Crippen molar-refractivity contribution in [3.8, 4) is 11.8 Å². The van der Waals surface area contributed by atoms with Crippen molar-refractivity contribution in [3.63, 3.8) is 0 Å². The first-order chi connectivity index (χ1) is 9.29. The van der Waals surface area contributed by atoms with Crippen molar-refractivity contribution < 1.29 is 4.79 Å². The minimum Gasteiger partial charge on any atom is -0.321 e. The van der Waals surface area contributed by atoms with Gasteiger partial charge in [0.1, 0.15) is 5.69 Å². The lowest BCUT2D eigenvalue weighted by molar-refractivity contribution is 0.102. The lowest BCUT2D eigenvalue weighted by Crippen LogP contribution is -2.13. The van der Waals surface area contributed by atoms with Crippen molar-refractivity contribution in [2.45, 2.75) is 0 Å². The zero-order valence-electron chi connectivity index (χ0n) is 10.1. The summed E-state index contributed by atoms with van der Waals surface area (Å²) in [5.74, 6) is 5.29. The van der Waals surface area contributed by atoms with Crippen LogP contribution in [0.4, 0.5) is 5.69 Å². The number of nitrogens with zero attached hydrogens (tertiary/aromatic N) is 2. The number of carbonyl (C=O) groups excluding carboxylic acids is 1. The molecule has 5 heteroatoms. The van der Waals surface area contributed by atoms with E-state index < -0.39 is 0 Å². The molecule has 0 aromatic carbocycles. The van der Waals surface area contributed by atoms with Gasteiger partial charge in [-0.1, -0.05) is 11.8 Å². The maximum absolute atomic E-state index is 11.9. The van der Waals surface area contributed by atoms with Gasteiger partial charge < -0.3 is 11.1 Å². The molecule has 0 aliphatic heterocycles. The summed E-state index contributed by atoms with van der Waals surface area (Å²) in [5, 5.41) is 2.72. The summed E-state index contributed by atoms with van der Waals surface area (Å²) < 4.78 is 0. The topological polar surface area (TPSA) is 80.9 Å². The van der Waals surface area contributed by atoms with Crippen molar-refractivity contribution in [1.29, 1.82) is 0 Å². The quantitative estimate of drug-likeness (QED) is 0.782. The molecule has 2 rings (SSSR count). The molecule has 19 heavy (non-hydrogen) atoms. The lowest BCUT2D eigenvalue weighted by Gasteiger charge is -2.03. The van der Waals surface area contributed by atoms with Gasteiger partial charge in [0.05, 0.1) is 6.54 Å². The van der Waals surface area contributed by atoms with Crippen LogP contribution < -0.4 is 11.1 Å². The minimum atomic E-state index is -0.274. The third-order valence-electron chi connectivity index (χ3n) is 2.27. The SMILES string of the molecule is NCC#Cc1ccc(C(=O)Nc2ccncc2)nc1. The highest BCUT2D eigenvalue weighted by Gasteiger charge is 2.06. The number of aromatic nitrogens is 2. The highest BCUT2D eigenvalue weighted by molar-refractivity contribution is 6.02. The Labute approximate surface area is 110 Å². The average molecular weight is 252 g/mol. The first kappa shape index (κ1) is 12.7. The third kappa shape index (κ3) is 3.63. The van der Waals surface area contributed by atoms with Crippen LogP contribution in [0.15, 0.2) is 42.9 Å². The fourth-order valence-corrected chi connectivity index (χ4v) is 1.39. The molecule has 94 valence electrons. The van der Waals surface area contributed by atoms with Crippen LogP contribution in [-0.2, 0) is 0 Å². The molecule has 2 heterocycles. The number of nitrogens with one attached hydrogen (secondary N) is 1. The van der Waals surface area contributed by atoms with Crippen molar-refractivity contribution >= 4 is 11.6 Å². The van der Waals surface area contributed by atoms with Gasteiger partial charge >= 0.3 is 0 Å². The van der Waals surface area contributed by atoms with Crippen molar-refractivity contribution in [1.82, 2.24) is 9.97 Å². The molecule has 5 nitrogen and oxygen atoms in total. The number of hydrogen-bond acceptors (Lipinski definition) is 4. The highest BCUT2D eigenvalue weighted by atomic mass is 16.1. The molecule has 0 bridgehead atoms. The standard InChI is InChI=1S/C14H12N4O/c15-7-1-2-11-3-4-13(17-10-11)14(19)18-12-5-8-16-9-6-12/h3-6,8-10H,7,15H2,(H,16,18,19). The minimum absolute atomic E-state index is 0.274. The van der Waals surface area contributed by atoms with Gasteiger partial charge in [-0.2, -0.15) is 0 Å². The fraction of sp³-hybridized carbons (Fsp3) is 0.0714. The molecule has 2 aromatic rings. The maximum atomic E-state index is 11.9. The van der Waals surface area contributed by atoms with Gasteiger partial charge in [0, 0.05) is 29.8 Å². The predicted octanol–water partition coefficient (Wildman–Crippen LogP) is 1.04. The second-order valence-corrected chi connectivity index (χ2v) is 3.63. The van der Waals surface area contributed by atoms with Crippen molar-refractivity contribution in [2.75, 3.05) is 11.9 Å². The Morgan fingerprint density at radius 3 is 2.68 bits per heavy atom. The molecule has 3 N–H and O–H groups in total. The Bertz CT molecular complexity index is 611. The number of carbonyl (C=O) groups is 1. The average Bonchev–Trinajstić information content (AvgIpc) is 2.46. The summed E-state index contributed by atoms with van der Waals surface area (Å²) in [6.07, 6.45) is 4.76. The van der Waals surface area contributed by atoms with Crippen LogP contribution in [0, 0.1) is 11.8 Å². The Kier molecular flexibility index (Phi) is 4.21. The van der Waals surface area contributed by atoms with E-state index >= 15 is 0 Å². The van der Waals surface area contributed by atoms with Gasteiger partial charge in [0.25, 0.3) is 5.91 Å². The molecule has 0 spiro atoms. The maximum Gasteiger partial charge on any atom is 0.274 e. The van der Waals surface area contributed by atoms with Crippen molar-refractivity contribution in [3.05, 3.63) is 54.1 Å². The van der Waals surface area contributed by atoms with Crippen LogP contribution in [-0.4, -0.2) is 22.4 Å². The monoisotopic (exact) mass is 252 g/mol. The fourth-order valence-electron chi connectivity index (χ4n) is 1.39. The lowest BCUT2D eigenvalue weighted by atomic mass is 10.2. The van der Waals surface area contributed by atoms with Crippen molar-refractivity contribution in [2.24, 2.45) is 5.73 Å². The van der Waals surface area contributed by atoms with E-state index in [4.69, 9.17) is 5.73 Å². The molecule has 1 amide bonds. The van der Waals surface area contributed by atoms with Gasteiger partial charge in [-0.05, 0) is 24.3 Å². The Balaban J connectivity index is 2.08. The van der Waals surface area contributed by atoms with Gasteiger partial charge in [-0.3, -0.25) is 9.78 Å². The normalized spacial score (nSPS) is 9.32. The number of hydrogen-bond donors (Lipinski definition) is 2. The summed E-state index contributed by atoms with van der Waals surface area (Å²) in [6, 6.07) is 6.77. The molecule has 0 radical (unpaired) electrons. The molecule has 0 aliphatic rings. The zero-order chi connectivity index (χ0) is 13.5. The number of nitrogens with two attached hydrogens (primary N) is 1. The van der Waals surface area contributed by atoms with E-state index in [0.29, 0.717) is 17.9 Å². The van der Waals surface area contributed by atoms with E-state index in [1.165, 1.54) is 0 Å². The van der Waals surface area contributed by atoms with Gasteiger partial charge in [0.15, 0.2) is 0 Å². The second kappa shape index (κ2) is 6.28. The number of pyridine rings is 2. The molecular formula is C14H12N4O. The molecule has 0 atom stereocenters. The first-order valence-corrected chi connectivity index (χ1v) is 5.66. The largest absolute Gasteiger partial charge is 0.321 e. The van der Waals surface area contributed by atoms with Crippen LogP contribution in [0.5, 0.6) is 0 Å². The molecule has 2 aromatic heterocycles. The van der Waals surface area contributed by atoms with Gasteiger partial charge in [-0.25, -0.2) is 4.98 Å². The zero-order valence-corrected chi connectivity index (χ0v) is 10.1. The van der Waals surface area contributed by atoms with Crippen LogP contribution in [0.3, 0.4) is 0 Å². The van der Waals surface area contributed by atoms with E-state index in [1.807, 2.05) is 0 Å². The number of amides is 1. The summed E-state index contributed by atoms with van der Waals surface area (Å²) in [5.41, 5.74) is 7.01. The molecule has 0 saturated carbocycles. The van der Waals surface area contributed by atoms with E-state index in [1.54, 1.807) is 42.9 Å². The van der Waals surface area contributed by atoms with Crippen LogP contribution in [0.25, 0.3) is 0 Å². The van der Waals surface area contributed by atoms with E-state index in [9.17, 15) is 4.79 Å². The van der Waals surface area contributed by atoms with E-state index in [-0.39, 0.29) is 5.91 Å². The van der Waals surface area contributed by atoms with E-state index in [0.717, 1.165) is 5.56 Å². The van der Waals surface area contributed by atoms with E-state index in [2.05, 4.69) is 27.1 Å². The number of rotatable bonds is 2. The summed E-state index contributed by atoms with van der Waals surface area (Å²) in [4.78, 5) is 19.8. The second-order valence-electron chi connectivity index (χ2n) is 3.63. The Hall–Kier alpha value is -2.71. The van der Waals surface area contributed by atoms with Crippen LogP contribution in [0.2, 0.25) is 0 Å².